The molecule has 0 saturated carbocycles. The molecule has 0 saturated heterocycles. The third-order valence-corrected chi connectivity index (χ3v) is 2.91. The Morgan fingerprint density at radius 2 is 1.50 bits per heavy atom. The van der Waals surface area contributed by atoms with Crippen molar-refractivity contribution < 1.29 is 5.11 Å². The summed E-state index contributed by atoms with van der Waals surface area (Å²) >= 11 is 0. The van der Waals surface area contributed by atoms with Crippen molar-refractivity contribution in [2.24, 2.45) is 0 Å². The zero-order valence-corrected chi connectivity index (χ0v) is 10.7. The first-order valence-corrected chi connectivity index (χ1v) is 6.01. The fraction of sp³-hybridized carbons (Fsp3) is 0.571. The van der Waals surface area contributed by atoms with Crippen molar-refractivity contribution in [3.05, 3.63) is 35.4 Å². The molecule has 1 aromatic rings. The van der Waals surface area contributed by atoms with Crippen LogP contribution in [0.15, 0.2) is 24.3 Å². The minimum atomic E-state index is 0.139. The molecule has 0 spiro atoms. The summed E-state index contributed by atoms with van der Waals surface area (Å²) in [6.07, 6.45) is 0. The highest BCUT2D eigenvalue weighted by atomic mass is 16.3. The zero-order valence-electron chi connectivity index (χ0n) is 10.7. The predicted octanol–water partition coefficient (Wildman–Crippen LogP) is 2.84. The van der Waals surface area contributed by atoms with Gasteiger partial charge in [0.05, 0.1) is 6.61 Å². The fourth-order valence-corrected chi connectivity index (χ4v) is 1.75. The number of hydrogen-bond donors (Lipinski definition) is 2. The largest absolute Gasteiger partial charge is 0.395 e. The molecule has 0 amide bonds. The molecular formula is C14H23NO. The van der Waals surface area contributed by atoms with E-state index in [1.807, 2.05) is 6.92 Å². The molecule has 0 aliphatic carbocycles. The number of benzene rings is 1. The van der Waals surface area contributed by atoms with E-state index in [4.69, 9.17) is 5.11 Å². The van der Waals surface area contributed by atoms with Gasteiger partial charge < -0.3 is 10.4 Å². The average molecular weight is 221 g/mol. The van der Waals surface area contributed by atoms with E-state index in [1.165, 1.54) is 11.1 Å². The average Bonchev–Trinajstić information content (AvgIpc) is 2.28. The standard InChI is InChI=1S/C14H23NO/c1-10(2)13-5-7-14(8-6-13)12(4)15-11(3)9-16/h5-8,10-12,15-16H,9H2,1-4H3. The van der Waals surface area contributed by atoms with Crippen LogP contribution < -0.4 is 5.32 Å². The van der Waals surface area contributed by atoms with Gasteiger partial charge in [0.2, 0.25) is 0 Å². The van der Waals surface area contributed by atoms with Crippen LogP contribution in [0.5, 0.6) is 0 Å². The maximum atomic E-state index is 8.98. The molecule has 0 bridgehead atoms. The number of hydrogen-bond acceptors (Lipinski definition) is 2. The van der Waals surface area contributed by atoms with Gasteiger partial charge in [-0.15, -0.1) is 0 Å². The number of nitrogens with one attached hydrogen (secondary N) is 1. The molecule has 2 atom stereocenters. The normalized spacial score (nSPS) is 15.1. The maximum absolute atomic E-state index is 8.98. The van der Waals surface area contributed by atoms with Crippen LogP contribution in [0, 0.1) is 0 Å². The van der Waals surface area contributed by atoms with Crippen LogP contribution in [0.1, 0.15) is 50.8 Å². The minimum Gasteiger partial charge on any atom is -0.395 e. The van der Waals surface area contributed by atoms with Gasteiger partial charge in [-0.05, 0) is 30.9 Å². The SMILES string of the molecule is CC(CO)NC(C)c1ccc(C(C)C)cc1. The Bertz CT molecular complexity index is 305. The van der Waals surface area contributed by atoms with Gasteiger partial charge >= 0.3 is 0 Å². The van der Waals surface area contributed by atoms with Crippen LogP contribution in [0.4, 0.5) is 0 Å². The smallest absolute Gasteiger partial charge is 0.0582 e. The van der Waals surface area contributed by atoms with Crippen molar-refractivity contribution >= 4 is 0 Å². The van der Waals surface area contributed by atoms with Crippen LogP contribution in [0.2, 0.25) is 0 Å². The highest BCUT2D eigenvalue weighted by molar-refractivity contribution is 5.26. The first kappa shape index (κ1) is 13.2. The molecule has 2 nitrogen and oxygen atoms in total. The van der Waals surface area contributed by atoms with Gasteiger partial charge in [0.1, 0.15) is 0 Å². The Morgan fingerprint density at radius 3 is 1.94 bits per heavy atom. The van der Waals surface area contributed by atoms with Crippen molar-refractivity contribution in [3.8, 4) is 0 Å². The van der Waals surface area contributed by atoms with Crippen molar-refractivity contribution in [2.75, 3.05) is 6.61 Å². The van der Waals surface area contributed by atoms with Gasteiger partial charge in [-0.25, -0.2) is 0 Å². The number of aliphatic hydroxyl groups excluding tert-OH is 1. The lowest BCUT2D eigenvalue weighted by molar-refractivity contribution is 0.243. The lowest BCUT2D eigenvalue weighted by Gasteiger charge is -2.19. The van der Waals surface area contributed by atoms with Crippen LogP contribution >= 0.6 is 0 Å². The Hall–Kier alpha value is -0.860. The van der Waals surface area contributed by atoms with Crippen LogP contribution in [0.3, 0.4) is 0 Å². The van der Waals surface area contributed by atoms with Crippen molar-refractivity contribution in [1.82, 2.24) is 5.32 Å². The maximum Gasteiger partial charge on any atom is 0.0582 e. The summed E-state index contributed by atoms with van der Waals surface area (Å²) < 4.78 is 0. The fourth-order valence-electron chi connectivity index (χ4n) is 1.75. The molecular weight excluding hydrogens is 198 g/mol. The first-order chi connectivity index (χ1) is 7.54. The van der Waals surface area contributed by atoms with Gasteiger partial charge in [-0.3, -0.25) is 0 Å². The van der Waals surface area contributed by atoms with E-state index in [0.717, 1.165) is 0 Å². The number of rotatable bonds is 5. The van der Waals surface area contributed by atoms with Gasteiger partial charge in [-0.1, -0.05) is 38.1 Å². The molecule has 90 valence electrons. The summed E-state index contributed by atoms with van der Waals surface area (Å²) in [4.78, 5) is 0. The molecule has 0 fully saturated rings. The lowest BCUT2D eigenvalue weighted by atomic mass is 9.99. The second kappa shape index (κ2) is 6.02. The van der Waals surface area contributed by atoms with E-state index in [9.17, 15) is 0 Å². The molecule has 1 aromatic carbocycles. The molecule has 2 heteroatoms. The highest BCUT2D eigenvalue weighted by Gasteiger charge is 2.08. The molecule has 1 rings (SSSR count). The van der Waals surface area contributed by atoms with Crippen molar-refractivity contribution in [3.63, 3.8) is 0 Å². The highest BCUT2D eigenvalue weighted by Crippen LogP contribution is 2.18. The van der Waals surface area contributed by atoms with E-state index in [0.29, 0.717) is 5.92 Å². The summed E-state index contributed by atoms with van der Waals surface area (Å²) in [5, 5.41) is 12.3. The predicted molar refractivity (Wildman–Crippen MR) is 68.6 cm³/mol. The zero-order chi connectivity index (χ0) is 12.1. The molecule has 0 aromatic heterocycles. The molecule has 0 radical (unpaired) electrons. The third-order valence-electron chi connectivity index (χ3n) is 2.91. The minimum absolute atomic E-state index is 0.139. The quantitative estimate of drug-likeness (QED) is 0.801. The summed E-state index contributed by atoms with van der Waals surface area (Å²) in [7, 11) is 0. The molecule has 0 heterocycles. The summed E-state index contributed by atoms with van der Waals surface area (Å²) in [5.74, 6) is 0.577. The van der Waals surface area contributed by atoms with Gasteiger partial charge in [0, 0.05) is 12.1 Å². The summed E-state index contributed by atoms with van der Waals surface area (Å²) in [5.41, 5.74) is 2.64. The Kier molecular flexibility index (Phi) is 4.97. The van der Waals surface area contributed by atoms with E-state index in [-0.39, 0.29) is 18.7 Å². The van der Waals surface area contributed by atoms with E-state index < -0.39 is 0 Å². The number of aliphatic hydroxyl groups is 1. The molecule has 0 aliphatic rings. The van der Waals surface area contributed by atoms with Gasteiger partial charge in [-0.2, -0.15) is 0 Å². The van der Waals surface area contributed by atoms with E-state index in [2.05, 4.69) is 50.4 Å². The first-order valence-electron chi connectivity index (χ1n) is 6.01. The second-order valence-corrected chi connectivity index (χ2v) is 4.79. The van der Waals surface area contributed by atoms with Gasteiger partial charge in [0.15, 0.2) is 0 Å². The van der Waals surface area contributed by atoms with Crippen molar-refractivity contribution in [2.45, 2.75) is 45.7 Å². The molecule has 0 aliphatic heterocycles. The summed E-state index contributed by atoms with van der Waals surface area (Å²) in [6.45, 7) is 8.68. The molecule has 2 unspecified atom stereocenters. The van der Waals surface area contributed by atoms with Crippen molar-refractivity contribution in [1.29, 1.82) is 0 Å². The Labute approximate surface area is 98.7 Å². The van der Waals surface area contributed by atoms with Crippen LogP contribution in [-0.4, -0.2) is 17.8 Å². The van der Waals surface area contributed by atoms with E-state index in [1.54, 1.807) is 0 Å². The third kappa shape index (κ3) is 3.62. The molecule has 2 N–H and O–H groups in total. The van der Waals surface area contributed by atoms with Crippen LogP contribution in [-0.2, 0) is 0 Å². The lowest BCUT2D eigenvalue weighted by Crippen LogP contribution is -2.31. The monoisotopic (exact) mass is 221 g/mol. The Balaban J connectivity index is 2.66. The molecule has 16 heavy (non-hydrogen) atoms. The van der Waals surface area contributed by atoms with Crippen LogP contribution in [0.25, 0.3) is 0 Å². The topological polar surface area (TPSA) is 32.3 Å². The second-order valence-electron chi connectivity index (χ2n) is 4.79. The van der Waals surface area contributed by atoms with E-state index >= 15 is 0 Å². The summed E-state index contributed by atoms with van der Waals surface area (Å²) in [6, 6.07) is 9.11. The Morgan fingerprint density at radius 1 is 1.00 bits per heavy atom. The van der Waals surface area contributed by atoms with Gasteiger partial charge in [0.25, 0.3) is 0 Å².